The van der Waals surface area contributed by atoms with Gasteiger partial charge in [-0.15, -0.1) is 0 Å². The molecule has 1 aliphatic rings. The van der Waals surface area contributed by atoms with Crippen molar-refractivity contribution in [2.75, 3.05) is 11.5 Å². The molecule has 0 N–H and O–H groups in total. The molecule has 1 aliphatic heterocycles. The molecule has 0 aliphatic carbocycles. The van der Waals surface area contributed by atoms with Gasteiger partial charge in [0.1, 0.15) is 0 Å². The number of halogens is 3. The van der Waals surface area contributed by atoms with Gasteiger partial charge in [0.2, 0.25) is 5.43 Å². The van der Waals surface area contributed by atoms with Gasteiger partial charge in [-0.3, -0.25) is 9.48 Å². The van der Waals surface area contributed by atoms with E-state index in [-0.39, 0.29) is 22.9 Å². The van der Waals surface area contributed by atoms with E-state index in [9.17, 15) is 26.4 Å². The smallest absolute Gasteiger partial charge is 0.287 e. The van der Waals surface area contributed by atoms with Crippen LogP contribution < -0.4 is 5.43 Å². The first-order chi connectivity index (χ1) is 13.6. The van der Waals surface area contributed by atoms with E-state index in [4.69, 9.17) is 0 Å². The maximum Gasteiger partial charge on any atom is 0.416 e. The Kier molecular flexibility index (Phi) is 4.56. The molecule has 1 atom stereocenters. The van der Waals surface area contributed by atoms with E-state index in [1.807, 2.05) is 0 Å². The van der Waals surface area contributed by atoms with Gasteiger partial charge >= 0.3 is 6.18 Å². The summed E-state index contributed by atoms with van der Waals surface area (Å²) >= 11 is 0. The Bertz CT molecular complexity index is 1230. The van der Waals surface area contributed by atoms with Crippen molar-refractivity contribution in [3.05, 3.63) is 64.6 Å². The minimum absolute atomic E-state index is 0.0216. The van der Waals surface area contributed by atoms with Gasteiger partial charge in [0.25, 0.3) is 0 Å². The predicted molar refractivity (Wildman–Crippen MR) is 98.4 cm³/mol. The second-order valence-electron chi connectivity index (χ2n) is 6.74. The molecule has 0 radical (unpaired) electrons. The Morgan fingerprint density at radius 1 is 1.14 bits per heavy atom. The number of alkyl halides is 3. The van der Waals surface area contributed by atoms with Crippen molar-refractivity contribution < 1.29 is 21.6 Å². The number of rotatable bonds is 3. The van der Waals surface area contributed by atoms with Crippen molar-refractivity contribution in [2.45, 2.75) is 18.6 Å². The minimum atomic E-state index is -4.51. The third-order valence-electron chi connectivity index (χ3n) is 4.71. The van der Waals surface area contributed by atoms with Crippen molar-refractivity contribution in [2.24, 2.45) is 0 Å². The molecule has 4 rings (SSSR count). The molecule has 0 amide bonds. The molecule has 0 bridgehead atoms. The van der Waals surface area contributed by atoms with Gasteiger partial charge in [-0.1, -0.05) is 6.07 Å². The molecule has 29 heavy (non-hydrogen) atoms. The number of sulfone groups is 1. The largest absolute Gasteiger partial charge is 0.416 e. The number of nitrogens with zero attached hydrogens (tertiary/aromatic N) is 4. The maximum atomic E-state index is 13.0. The summed E-state index contributed by atoms with van der Waals surface area (Å²) in [4.78, 5) is 12.4. The van der Waals surface area contributed by atoms with Crippen LogP contribution in [0.3, 0.4) is 0 Å². The van der Waals surface area contributed by atoms with Crippen LogP contribution in [-0.2, 0) is 16.0 Å². The highest BCUT2D eigenvalue weighted by Gasteiger charge is 2.32. The summed E-state index contributed by atoms with van der Waals surface area (Å²) < 4.78 is 65.2. The van der Waals surface area contributed by atoms with E-state index in [0.717, 1.165) is 12.1 Å². The maximum absolute atomic E-state index is 13.0. The van der Waals surface area contributed by atoms with E-state index in [2.05, 4.69) is 10.2 Å². The first-order valence-corrected chi connectivity index (χ1v) is 10.5. The number of hydrogen-bond acceptors (Lipinski definition) is 5. The van der Waals surface area contributed by atoms with Crippen LogP contribution in [0.2, 0.25) is 0 Å². The second kappa shape index (κ2) is 6.83. The lowest BCUT2D eigenvalue weighted by atomic mass is 10.2. The fourth-order valence-corrected chi connectivity index (χ4v) is 5.01. The standard InChI is InChI=1S/C18H15F3N4O3S/c19-18(20,21)12-2-1-3-13(10-12)24-8-5-16(26)17(23-24)15-4-7-22-25(15)14-6-9-29(27,28)11-14/h1-5,7-8,10,14H,6,9,11H2. The zero-order chi connectivity index (χ0) is 20.8. The van der Waals surface area contributed by atoms with Crippen molar-refractivity contribution in [1.29, 1.82) is 0 Å². The third kappa shape index (κ3) is 3.82. The summed E-state index contributed by atoms with van der Waals surface area (Å²) in [5, 5.41) is 8.35. The molecule has 2 aromatic heterocycles. The SMILES string of the molecule is O=c1ccn(-c2cccc(C(F)(F)F)c2)nc1-c1ccnn1C1CCS(=O)(=O)C1. The normalized spacial score (nSPS) is 18.8. The van der Waals surface area contributed by atoms with Crippen molar-refractivity contribution >= 4 is 9.84 Å². The van der Waals surface area contributed by atoms with Gasteiger partial charge in [-0.05, 0) is 30.7 Å². The molecule has 3 aromatic rings. The fourth-order valence-electron chi connectivity index (χ4n) is 3.31. The predicted octanol–water partition coefficient (Wildman–Crippen LogP) is 2.47. The molecule has 1 fully saturated rings. The fraction of sp³-hybridized carbons (Fsp3) is 0.278. The highest BCUT2D eigenvalue weighted by molar-refractivity contribution is 7.91. The zero-order valence-corrected chi connectivity index (χ0v) is 15.7. The van der Waals surface area contributed by atoms with Gasteiger partial charge in [0.05, 0.1) is 34.5 Å². The molecule has 7 nitrogen and oxygen atoms in total. The Morgan fingerprint density at radius 2 is 1.93 bits per heavy atom. The lowest BCUT2D eigenvalue weighted by Crippen LogP contribution is -2.18. The quantitative estimate of drug-likeness (QED) is 0.645. The summed E-state index contributed by atoms with van der Waals surface area (Å²) in [5.74, 6) is -0.0516. The number of hydrogen-bond donors (Lipinski definition) is 0. The van der Waals surface area contributed by atoms with Crippen LogP contribution in [-0.4, -0.2) is 39.5 Å². The molecular formula is C18H15F3N4O3S. The van der Waals surface area contributed by atoms with Crippen LogP contribution in [0.4, 0.5) is 13.2 Å². The zero-order valence-electron chi connectivity index (χ0n) is 14.9. The van der Waals surface area contributed by atoms with Crippen LogP contribution in [0.1, 0.15) is 18.0 Å². The average Bonchev–Trinajstić information content (AvgIpc) is 3.27. The highest BCUT2D eigenvalue weighted by atomic mass is 32.2. The van der Waals surface area contributed by atoms with E-state index < -0.39 is 33.0 Å². The van der Waals surface area contributed by atoms with Crippen LogP contribution in [0.25, 0.3) is 17.1 Å². The lowest BCUT2D eigenvalue weighted by molar-refractivity contribution is -0.137. The molecule has 11 heteroatoms. The molecule has 1 aromatic carbocycles. The Labute approximate surface area is 163 Å². The van der Waals surface area contributed by atoms with Crippen molar-refractivity contribution in [3.8, 4) is 17.1 Å². The lowest BCUT2D eigenvalue weighted by Gasteiger charge is -2.14. The first-order valence-electron chi connectivity index (χ1n) is 8.66. The molecule has 0 spiro atoms. The van der Waals surface area contributed by atoms with Crippen LogP contribution in [0.5, 0.6) is 0 Å². The van der Waals surface area contributed by atoms with Crippen LogP contribution >= 0.6 is 0 Å². The second-order valence-corrected chi connectivity index (χ2v) is 8.97. The third-order valence-corrected chi connectivity index (χ3v) is 6.46. The van der Waals surface area contributed by atoms with Gasteiger partial charge in [-0.25, -0.2) is 13.1 Å². The Morgan fingerprint density at radius 3 is 2.62 bits per heavy atom. The van der Waals surface area contributed by atoms with Gasteiger partial charge in [0, 0.05) is 18.5 Å². The summed E-state index contributed by atoms with van der Waals surface area (Å²) in [6, 6.07) is 6.89. The van der Waals surface area contributed by atoms with Gasteiger partial charge in [0.15, 0.2) is 15.5 Å². The average molecular weight is 424 g/mol. The summed E-state index contributed by atoms with van der Waals surface area (Å²) in [6.07, 6.45) is -1.43. The summed E-state index contributed by atoms with van der Waals surface area (Å²) in [5.41, 5.74) is -0.852. The van der Waals surface area contributed by atoms with E-state index in [1.54, 1.807) is 0 Å². The van der Waals surface area contributed by atoms with Crippen molar-refractivity contribution in [3.63, 3.8) is 0 Å². The molecule has 0 saturated carbocycles. The molecular weight excluding hydrogens is 409 g/mol. The van der Waals surface area contributed by atoms with E-state index >= 15 is 0 Å². The molecule has 1 saturated heterocycles. The van der Waals surface area contributed by atoms with Crippen LogP contribution in [0.15, 0.2) is 53.6 Å². The topological polar surface area (TPSA) is 86.8 Å². The van der Waals surface area contributed by atoms with E-state index in [0.29, 0.717) is 12.1 Å². The van der Waals surface area contributed by atoms with E-state index in [1.165, 1.54) is 46.0 Å². The summed E-state index contributed by atoms with van der Waals surface area (Å²) in [6.45, 7) is 0. The molecule has 152 valence electrons. The minimum Gasteiger partial charge on any atom is -0.287 e. The first kappa shape index (κ1) is 19.4. The summed E-state index contributed by atoms with van der Waals surface area (Å²) in [7, 11) is -3.17. The Balaban J connectivity index is 1.77. The van der Waals surface area contributed by atoms with Crippen LogP contribution in [0, 0.1) is 0 Å². The number of benzene rings is 1. The highest BCUT2D eigenvalue weighted by Crippen LogP contribution is 2.30. The van der Waals surface area contributed by atoms with Gasteiger partial charge in [-0.2, -0.15) is 23.4 Å². The van der Waals surface area contributed by atoms with Crippen molar-refractivity contribution in [1.82, 2.24) is 19.6 Å². The monoisotopic (exact) mass is 424 g/mol. The molecule has 3 heterocycles. The number of aromatic nitrogens is 4. The Hall–Kier alpha value is -2.95. The van der Waals surface area contributed by atoms with Gasteiger partial charge < -0.3 is 0 Å². The molecule has 1 unspecified atom stereocenters.